The van der Waals surface area contributed by atoms with Crippen molar-refractivity contribution in [1.29, 1.82) is 0 Å². The summed E-state index contributed by atoms with van der Waals surface area (Å²) >= 11 is 0. The van der Waals surface area contributed by atoms with Gasteiger partial charge in [0.05, 0.1) is 27.7 Å². The summed E-state index contributed by atoms with van der Waals surface area (Å²) in [5.41, 5.74) is 0. The monoisotopic (exact) mass is 943 g/mol. The first kappa shape index (κ1) is 62.9. The van der Waals surface area contributed by atoms with E-state index in [0.717, 1.165) is 109 Å². The second kappa shape index (κ2) is 47.0. The molecular weight excluding hydrogens is 846 g/mol. The molecule has 0 aromatic carbocycles. The Morgan fingerprint density at radius 1 is 0.470 bits per heavy atom. The van der Waals surface area contributed by atoms with E-state index in [4.69, 9.17) is 18.5 Å². The fourth-order valence-electron chi connectivity index (χ4n) is 6.64. The molecular formula is C56H97NO8P+. The smallest absolute Gasteiger partial charge is 0.462 e. The van der Waals surface area contributed by atoms with E-state index in [9.17, 15) is 19.0 Å². The normalized spacial score (nSPS) is 14.2. The van der Waals surface area contributed by atoms with Crippen molar-refractivity contribution in [1.82, 2.24) is 0 Å². The van der Waals surface area contributed by atoms with Crippen molar-refractivity contribution in [2.75, 3.05) is 47.5 Å². The molecule has 0 heterocycles. The molecule has 0 amide bonds. The molecule has 2 atom stereocenters. The minimum Gasteiger partial charge on any atom is -0.462 e. The van der Waals surface area contributed by atoms with Gasteiger partial charge in [0.25, 0.3) is 0 Å². The van der Waals surface area contributed by atoms with Crippen molar-refractivity contribution in [2.24, 2.45) is 0 Å². The maximum Gasteiger partial charge on any atom is 0.472 e. The van der Waals surface area contributed by atoms with Crippen LogP contribution in [0.5, 0.6) is 0 Å². The van der Waals surface area contributed by atoms with Gasteiger partial charge in [-0.3, -0.25) is 18.6 Å². The van der Waals surface area contributed by atoms with Gasteiger partial charge < -0.3 is 18.9 Å². The van der Waals surface area contributed by atoms with Crippen LogP contribution in [-0.2, 0) is 32.7 Å². The Balaban J connectivity index is 4.27. The van der Waals surface area contributed by atoms with Crippen molar-refractivity contribution >= 4 is 19.8 Å². The number of nitrogens with zero attached hydrogens (tertiary/aromatic N) is 1. The lowest BCUT2D eigenvalue weighted by atomic mass is 10.1. The van der Waals surface area contributed by atoms with E-state index >= 15 is 0 Å². The van der Waals surface area contributed by atoms with Crippen molar-refractivity contribution in [3.8, 4) is 0 Å². The molecule has 0 bridgehead atoms. The number of hydrogen-bond acceptors (Lipinski definition) is 7. The zero-order valence-corrected chi connectivity index (χ0v) is 43.5. The average molecular weight is 943 g/mol. The Morgan fingerprint density at radius 3 is 1.21 bits per heavy atom. The number of rotatable bonds is 46. The number of phosphoric acid groups is 1. The maximum absolute atomic E-state index is 12.8. The van der Waals surface area contributed by atoms with Crippen molar-refractivity contribution in [2.45, 2.75) is 200 Å². The van der Waals surface area contributed by atoms with Gasteiger partial charge >= 0.3 is 19.8 Å². The highest BCUT2D eigenvalue weighted by molar-refractivity contribution is 7.47. The topological polar surface area (TPSA) is 108 Å². The Kier molecular flexibility index (Phi) is 44.8. The molecule has 378 valence electrons. The summed E-state index contributed by atoms with van der Waals surface area (Å²) in [5.74, 6) is -0.822. The first-order chi connectivity index (χ1) is 32.0. The van der Waals surface area contributed by atoms with Crippen LogP contribution in [0.3, 0.4) is 0 Å². The molecule has 0 aliphatic rings. The van der Waals surface area contributed by atoms with Crippen LogP contribution in [0.15, 0.2) is 97.2 Å². The summed E-state index contributed by atoms with van der Waals surface area (Å²) in [4.78, 5) is 35.6. The first-order valence-electron chi connectivity index (χ1n) is 26.0. The predicted octanol–water partition coefficient (Wildman–Crippen LogP) is 15.7. The van der Waals surface area contributed by atoms with E-state index in [-0.39, 0.29) is 32.0 Å². The molecule has 0 radical (unpaired) electrons. The average Bonchev–Trinajstić information content (AvgIpc) is 3.27. The zero-order chi connectivity index (χ0) is 48.5. The van der Waals surface area contributed by atoms with E-state index in [2.05, 4.69) is 111 Å². The minimum absolute atomic E-state index is 0.0235. The summed E-state index contributed by atoms with van der Waals surface area (Å²) in [7, 11) is 1.45. The Hall–Kier alpha value is -3.07. The van der Waals surface area contributed by atoms with Gasteiger partial charge in [0, 0.05) is 12.8 Å². The molecule has 10 heteroatoms. The van der Waals surface area contributed by atoms with Crippen LogP contribution in [0.2, 0.25) is 0 Å². The largest absolute Gasteiger partial charge is 0.472 e. The zero-order valence-electron chi connectivity index (χ0n) is 42.6. The van der Waals surface area contributed by atoms with Gasteiger partial charge in [-0.25, -0.2) is 4.57 Å². The molecule has 0 fully saturated rings. The molecule has 0 aromatic rings. The second-order valence-corrected chi connectivity index (χ2v) is 19.6. The van der Waals surface area contributed by atoms with Gasteiger partial charge in [0.15, 0.2) is 6.10 Å². The third-order valence-corrected chi connectivity index (χ3v) is 11.6. The predicted molar refractivity (Wildman–Crippen MR) is 279 cm³/mol. The van der Waals surface area contributed by atoms with Crippen LogP contribution < -0.4 is 0 Å². The molecule has 0 aliphatic carbocycles. The summed E-state index contributed by atoms with van der Waals surface area (Å²) in [6, 6.07) is 0. The molecule has 0 aliphatic heterocycles. The van der Waals surface area contributed by atoms with Crippen LogP contribution in [0.25, 0.3) is 0 Å². The summed E-state index contributed by atoms with van der Waals surface area (Å²) in [5, 5.41) is 0. The SMILES string of the molecule is CC/C=C\C/C=C\C/C=C\C/C=C\C/C=C\CCCCCCCCCCCC(=O)OC(COC(=O)CCCCCCCCC/C=C\C/C=C\C/C=C\CC)COP(=O)(O)OCC[N+](C)(C)C. The molecule has 0 spiro atoms. The molecule has 0 saturated heterocycles. The molecule has 0 aromatic heterocycles. The number of hydrogen-bond donors (Lipinski definition) is 1. The van der Waals surface area contributed by atoms with Gasteiger partial charge in [-0.05, 0) is 89.9 Å². The van der Waals surface area contributed by atoms with Gasteiger partial charge in [0.2, 0.25) is 0 Å². The van der Waals surface area contributed by atoms with E-state index in [0.29, 0.717) is 17.4 Å². The summed E-state index contributed by atoms with van der Waals surface area (Å²) in [6.45, 7) is 4.18. The minimum atomic E-state index is -4.39. The first-order valence-corrected chi connectivity index (χ1v) is 27.5. The Morgan fingerprint density at radius 2 is 0.818 bits per heavy atom. The number of ether oxygens (including phenoxy) is 2. The van der Waals surface area contributed by atoms with Crippen LogP contribution in [0.1, 0.15) is 194 Å². The van der Waals surface area contributed by atoms with Crippen LogP contribution in [-0.4, -0.2) is 74.9 Å². The summed E-state index contributed by atoms with van der Waals surface area (Å²) in [6.07, 6.45) is 63.1. The standard InChI is InChI=1S/C56H96NO8P/c1-6-8-10-12-14-16-18-20-22-24-25-26-27-28-29-30-31-33-35-37-39-41-43-45-47-49-56(59)65-54(53-64-66(60,61)63-51-50-57(3,4)5)52-62-55(58)48-46-44-42-40-38-36-34-32-23-21-19-17-15-13-11-9-7-2/h8-11,14-17,20-23,25-26,28-29,54H,6-7,12-13,18-19,24,27,30-53H2,1-5H3/p+1/b10-8-,11-9-,16-14-,17-15-,22-20-,23-21-,26-25-,29-28-. The van der Waals surface area contributed by atoms with Gasteiger partial charge in [-0.15, -0.1) is 0 Å². The quantitative estimate of drug-likeness (QED) is 0.0211. The third kappa shape index (κ3) is 50.3. The van der Waals surface area contributed by atoms with Crippen molar-refractivity contribution in [3.05, 3.63) is 97.2 Å². The number of carbonyl (C=O) groups excluding carboxylic acids is 2. The number of unbranched alkanes of at least 4 members (excludes halogenated alkanes) is 16. The van der Waals surface area contributed by atoms with Gasteiger partial charge in [0.1, 0.15) is 19.8 Å². The molecule has 1 N–H and O–H groups in total. The van der Waals surface area contributed by atoms with Crippen molar-refractivity contribution < 1.29 is 42.1 Å². The molecule has 9 nitrogen and oxygen atoms in total. The van der Waals surface area contributed by atoms with Crippen LogP contribution in [0.4, 0.5) is 0 Å². The highest BCUT2D eigenvalue weighted by atomic mass is 31.2. The second-order valence-electron chi connectivity index (χ2n) is 18.1. The highest BCUT2D eigenvalue weighted by Crippen LogP contribution is 2.43. The number of carbonyl (C=O) groups is 2. The highest BCUT2D eigenvalue weighted by Gasteiger charge is 2.27. The van der Waals surface area contributed by atoms with E-state index in [1.807, 2.05) is 21.1 Å². The number of phosphoric ester groups is 1. The van der Waals surface area contributed by atoms with E-state index < -0.39 is 26.5 Å². The number of likely N-dealkylation sites (N-methyl/N-ethyl adjacent to an activating group) is 1. The van der Waals surface area contributed by atoms with Crippen LogP contribution in [0, 0.1) is 0 Å². The third-order valence-electron chi connectivity index (χ3n) is 10.6. The molecule has 66 heavy (non-hydrogen) atoms. The molecule has 0 saturated carbocycles. The fraction of sp³-hybridized carbons (Fsp3) is 0.679. The lowest BCUT2D eigenvalue weighted by molar-refractivity contribution is -0.870. The van der Waals surface area contributed by atoms with Gasteiger partial charge in [-0.2, -0.15) is 0 Å². The Bertz CT molecular complexity index is 1440. The van der Waals surface area contributed by atoms with Crippen molar-refractivity contribution in [3.63, 3.8) is 0 Å². The van der Waals surface area contributed by atoms with Crippen LogP contribution >= 0.6 is 7.82 Å². The molecule has 0 rings (SSSR count). The number of quaternary nitrogens is 1. The maximum atomic E-state index is 12.8. The lowest BCUT2D eigenvalue weighted by Crippen LogP contribution is -2.37. The lowest BCUT2D eigenvalue weighted by Gasteiger charge is -2.24. The molecule has 2 unspecified atom stereocenters. The van der Waals surface area contributed by atoms with E-state index in [1.165, 1.54) is 51.4 Å². The summed E-state index contributed by atoms with van der Waals surface area (Å²) < 4.78 is 34.5. The number of esters is 2. The Labute approximate surface area is 404 Å². The number of allylic oxidation sites excluding steroid dienone is 16. The van der Waals surface area contributed by atoms with E-state index in [1.54, 1.807) is 0 Å². The fourth-order valence-corrected chi connectivity index (χ4v) is 7.38. The van der Waals surface area contributed by atoms with Gasteiger partial charge in [-0.1, -0.05) is 188 Å².